The maximum atomic E-state index is 13.3. The first-order valence-corrected chi connectivity index (χ1v) is 11.4. The zero-order chi connectivity index (χ0) is 25.7. The van der Waals surface area contributed by atoms with E-state index >= 15 is 0 Å². The number of rotatable bonds is 7. The van der Waals surface area contributed by atoms with E-state index in [9.17, 15) is 14.4 Å². The van der Waals surface area contributed by atoms with Crippen molar-refractivity contribution in [3.05, 3.63) is 113 Å². The third-order valence-electron chi connectivity index (χ3n) is 5.96. The molecule has 0 aromatic heterocycles. The molecule has 0 saturated carbocycles. The van der Waals surface area contributed by atoms with Crippen LogP contribution in [0.5, 0.6) is 5.75 Å². The van der Waals surface area contributed by atoms with Crippen LogP contribution in [0.3, 0.4) is 0 Å². The van der Waals surface area contributed by atoms with Crippen molar-refractivity contribution in [1.29, 1.82) is 0 Å². The van der Waals surface area contributed by atoms with E-state index in [1.54, 1.807) is 55.6 Å². The minimum absolute atomic E-state index is 0.291. The molecule has 0 fully saturated rings. The van der Waals surface area contributed by atoms with Crippen LogP contribution >= 0.6 is 0 Å². The van der Waals surface area contributed by atoms with Crippen LogP contribution in [0.4, 0.5) is 11.4 Å². The predicted molar refractivity (Wildman–Crippen MR) is 142 cm³/mol. The zero-order valence-electron chi connectivity index (χ0n) is 20.3. The van der Waals surface area contributed by atoms with E-state index < -0.39 is 0 Å². The smallest absolute Gasteiger partial charge is 0.258 e. The fourth-order valence-electron chi connectivity index (χ4n) is 3.98. The number of methoxy groups -OCH3 is 1. The quantitative estimate of drug-likeness (QED) is 0.330. The van der Waals surface area contributed by atoms with Gasteiger partial charge in [-0.2, -0.15) is 0 Å². The van der Waals surface area contributed by atoms with Gasteiger partial charge in [-0.25, -0.2) is 0 Å². The Morgan fingerprint density at radius 2 is 1.58 bits per heavy atom. The zero-order valence-corrected chi connectivity index (χ0v) is 20.3. The lowest BCUT2D eigenvalue weighted by molar-refractivity contribution is 0.0991. The minimum Gasteiger partial charge on any atom is -0.495 e. The van der Waals surface area contributed by atoms with Crippen molar-refractivity contribution in [2.24, 2.45) is 0 Å². The molecule has 0 saturated heterocycles. The van der Waals surface area contributed by atoms with Gasteiger partial charge in [0.25, 0.3) is 11.8 Å². The fourth-order valence-corrected chi connectivity index (χ4v) is 3.98. The molecule has 0 spiro atoms. The summed E-state index contributed by atoms with van der Waals surface area (Å²) in [7, 11) is 3.08. The summed E-state index contributed by atoms with van der Waals surface area (Å²) in [6.45, 7) is 2.02. The van der Waals surface area contributed by atoms with E-state index in [-0.39, 0.29) is 11.8 Å². The van der Waals surface area contributed by atoms with E-state index in [4.69, 9.17) is 4.74 Å². The van der Waals surface area contributed by atoms with E-state index in [1.807, 2.05) is 49.4 Å². The molecule has 0 atom stereocenters. The Morgan fingerprint density at radius 3 is 2.31 bits per heavy atom. The summed E-state index contributed by atoms with van der Waals surface area (Å²) >= 11 is 0. The van der Waals surface area contributed by atoms with Gasteiger partial charge in [-0.05, 0) is 54.4 Å². The number of aryl methyl sites for hydroxylation is 1. The second-order valence-corrected chi connectivity index (χ2v) is 8.32. The van der Waals surface area contributed by atoms with Crippen molar-refractivity contribution in [1.82, 2.24) is 0 Å². The molecule has 0 heterocycles. The Bertz CT molecular complexity index is 1430. The SMILES string of the molecule is COc1cc(C(=O)N(C)c2ccccc2C=O)ccc1NC(=O)c1ccccc1-c1ccc(C)cc1. The molecule has 2 amide bonds. The fraction of sp³-hybridized carbons (Fsp3) is 0.100. The van der Waals surface area contributed by atoms with Gasteiger partial charge in [0.05, 0.1) is 18.5 Å². The minimum atomic E-state index is -0.315. The lowest BCUT2D eigenvalue weighted by Gasteiger charge is -2.20. The van der Waals surface area contributed by atoms with Gasteiger partial charge in [0, 0.05) is 23.7 Å². The highest BCUT2D eigenvalue weighted by Crippen LogP contribution is 2.30. The molecule has 0 aliphatic carbocycles. The summed E-state index contributed by atoms with van der Waals surface area (Å²) in [4.78, 5) is 39.2. The average Bonchev–Trinajstić information content (AvgIpc) is 2.92. The van der Waals surface area contributed by atoms with Gasteiger partial charge >= 0.3 is 0 Å². The van der Waals surface area contributed by atoms with Gasteiger partial charge in [0.15, 0.2) is 6.29 Å². The number of nitrogens with one attached hydrogen (secondary N) is 1. The summed E-state index contributed by atoms with van der Waals surface area (Å²) in [6, 6.07) is 27.1. The first-order chi connectivity index (χ1) is 17.4. The molecule has 4 rings (SSSR count). The van der Waals surface area contributed by atoms with Gasteiger partial charge in [-0.3, -0.25) is 14.4 Å². The molecule has 6 nitrogen and oxygen atoms in total. The van der Waals surface area contributed by atoms with Crippen molar-refractivity contribution in [2.45, 2.75) is 6.92 Å². The molecule has 4 aromatic rings. The maximum Gasteiger partial charge on any atom is 0.258 e. The third kappa shape index (κ3) is 5.03. The van der Waals surface area contributed by atoms with Gasteiger partial charge < -0.3 is 15.0 Å². The first-order valence-electron chi connectivity index (χ1n) is 11.4. The monoisotopic (exact) mass is 478 g/mol. The van der Waals surface area contributed by atoms with E-state index in [2.05, 4.69) is 5.32 Å². The van der Waals surface area contributed by atoms with Crippen molar-refractivity contribution in [2.75, 3.05) is 24.4 Å². The number of anilines is 2. The number of aldehydes is 1. The number of amides is 2. The number of carbonyl (C=O) groups excluding carboxylic acids is 3. The van der Waals surface area contributed by atoms with Crippen LogP contribution in [-0.4, -0.2) is 32.3 Å². The molecule has 0 radical (unpaired) electrons. The number of carbonyl (C=O) groups is 3. The molecular formula is C30H26N2O4. The third-order valence-corrected chi connectivity index (χ3v) is 5.96. The number of nitrogens with zero attached hydrogens (tertiary/aromatic N) is 1. The summed E-state index contributed by atoms with van der Waals surface area (Å²) in [6.07, 6.45) is 0.715. The van der Waals surface area contributed by atoms with Crippen LogP contribution in [0.25, 0.3) is 11.1 Å². The van der Waals surface area contributed by atoms with Gasteiger partial charge in [-0.1, -0.05) is 60.2 Å². The standard InChI is InChI=1S/C30H26N2O4/c1-20-12-14-21(15-13-20)24-9-5-6-10-25(24)29(34)31-26-17-16-22(18-28(26)36-3)30(35)32(2)27-11-7-4-8-23(27)19-33/h4-19H,1-3H3,(H,31,34). The van der Waals surface area contributed by atoms with Crippen LogP contribution in [-0.2, 0) is 0 Å². The van der Waals surface area contributed by atoms with Crippen LogP contribution in [0, 0.1) is 6.92 Å². The number of para-hydroxylation sites is 1. The predicted octanol–water partition coefficient (Wildman–Crippen LogP) is 6.01. The Hall–Kier alpha value is -4.71. The molecule has 180 valence electrons. The number of hydrogen-bond donors (Lipinski definition) is 1. The lowest BCUT2D eigenvalue weighted by atomic mass is 9.98. The van der Waals surface area contributed by atoms with Crippen LogP contribution in [0.2, 0.25) is 0 Å². The Labute approximate surface area is 210 Å². The van der Waals surface area contributed by atoms with Crippen LogP contribution < -0.4 is 15.0 Å². The lowest BCUT2D eigenvalue weighted by Crippen LogP contribution is -2.27. The highest BCUT2D eigenvalue weighted by atomic mass is 16.5. The van der Waals surface area contributed by atoms with Crippen LogP contribution in [0.1, 0.15) is 36.6 Å². The van der Waals surface area contributed by atoms with Crippen molar-refractivity contribution < 1.29 is 19.1 Å². The van der Waals surface area contributed by atoms with Gasteiger partial charge in [0.2, 0.25) is 0 Å². The Balaban J connectivity index is 1.60. The first kappa shape index (κ1) is 24.4. The average molecular weight is 479 g/mol. The molecule has 6 heteroatoms. The van der Waals surface area contributed by atoms with Crippen LogP contribution in [0.15, 0.2) is 91.0 Å². The summed E-state index contributed by atoms with van der Waals surface area (Å²) in [5, 5.41) is 2.91. The van der Waals surface area contributed by atoms with Gasteiger partial charge in [0.1, 0.15) is 5.75 Å². The van der Waals surface area contributed by atoms with Crippen molar-refractivity contribution in [3.63, 3.8) is 0 Å². The van der Waals surface area contributed by atoms with Gasteiger partial charge in [-0.15, -0.1) is 0 Å². The Morgan fingerprint density at radius 1 is 0.889 bits per heavy atom. The normalized spacial score (nSPS) is 10.4. The molecule has 0 unspecified atom stereocenters. The van der Waals surface area contributed by atoms with E-state index in [1.165, 1.54) is 12.0 Å². The molecule has 36 heavy (non-hydrogen) atoms. The summed E-state index contributed by atoms with van der Waals surface area (Å²) in [5.41, 5.74) is 5.13. The highest BCUT2D eigenvalue weighted by molar-refractivity contribution is 6.11. The molecular weight excluding hydrogens is 452 g/mol. The van der Waals surface area contributed by atoms with E-state index in [0.29, 0.717) is 40.1 Å². The topological polar surface area (TPSA) is 75.7 Å². The largest absolute Gasteiger partial charge is 0.495 e. The number of ether oxygens (including phenoxy) is 1. The second-order valence-electron chi connectivity index (χ2n) is 8.32. The summed E-state index contributed by atoms with van der Waals surface area (Å²) in [5.74, 6) is -0.259. The number of benzene rings is 4. The number of hydrogen-bond acceptors (Lipinski definition) is 4. The second kappa shape index (κ2) is 10.7. The summed E-state index contributed by atoms with van der Waals surface area (Å²) < 4.78 is 5.49. The molecule has 4 aromatic carbocycles. The molecule has 0 aliphatic rings. The molecule has 0 bridgehead atoms. The molecule has 1 N–H and O–H groups in total. The molecule has 0 aliphatic heterocycles. The maximum absolute atomic E-state index is 13.3. The highest BCUT2D eigenvalue weighted by Gasteiger charge is 2.19. The van der Waals surface area contributed by atoms with E-state index in [0.717, 1.165) is 16.7 Å². The Kier molecular flexibility index (Phi) is 7.25. The van der Waals surface area contributed by atoms with Crippen molar-refractivity contribution >= 4 is 29.5 Å². The van der Waals surface area contributed by atoms with Crippen molar-refractivity contribution in [3.8, 4) is 16.9 Å².